The van der Waals surface area contributed by atoms with Crippen LogP contribution in [0.25, 0.3) is 0 Å². The Labute approximate surface area is 158 Å². The first-order valence-corrected chi connectivity index (χ1v) is 9.31. The number of ether oxygens (including phenoxy) is 2. The first kappa shape index (κ1) is 17.7. The summed E-state index contributed by atoms with van der Waals surface area (Å²) in [6.07, 6.45) is 3.08. The second-order valence-corrected chi connectivity index (χ2v) is 6.83. The minimum absolute atomic E-state index is 0.112. The van der Waals surface area contributed by atoms with Crippen LogP contribution in [0.1, 0.15) is 16.8 Å². The van der Waals surface area contributed by atoms with Crippen LogP contribution in [0.2, 0.25) is 0 Å². The van der Waals surface area contributed by atoms with Gasteiger partial charge >= 0.3 is 0 Å². The monoisotopic (exact) mass is 368 g/mol. The molecule has 0 radical (unpaired) electrons. The van der Waals surface area contributed by atoms with Crippen molar-refractivity contribution in [2.24, 2.45) is 0 Å². The summed E-state index contributed by atoms with van der Waals surface area (Å²) >= 11 is 0. The third-order valence-corrected chi connectivity index (χ3v) is 5.07. The number of aromatic nitrogens is 2. The van der Waals surface area contributed by atoms with E-state index in [1.165, 1.54) is 0 Å². The van der Waals surface area contributed by atoms with Crippen molar-refractivity contribution in [3.8, 4) is 5.75 Å². The Morgan fingerprint density at radius 1 is 1.26 bits per heavy atom. The number of fused-ring (bicyclic) bond motifs is 1. The lowest BCUT2D eigenvalue weighted by Gasteiger charge is -2.31. The van der Waals surface area contributed by atoms with Gasteiger partial charge in [-0.1, -0.05) is 12.1 Å². The molecule has 0 spiro atoms. The van der Waals surface area contributed by atoms with E-state index in [-0.39, 0.29) is 5.91 Å². The summed E-state index contributed by atoms with van der Waals surface area (Å²) in [5.74, 6) is 1.62. The number of hydrogen-bond acceptors (Lipinski definition) is 6. The Morgan fingerprint density at radius 3 is 2.93 bits per heavy atom. The Kier molecular flexibility index (Phi) is 5.20. The quantitative estimate of drug-likeness (QED) is 0.814. The van der Waals surface area contributed by atoms with E-state index >= 15 is 0 Å². The van der Waals surface area contributed by atoms with Gasteiger partial charge in [0.15, 0.2) is 0 Å². The van der Waals surface area contributed by atoms with Crippen molar-refractivity contribution in [3.63, 3.8) is 0 Å². The molecule has 0 unspecified atom stereocenters. The Bertz CT molecular complexity index is 821. The number of amides is 1. The largest absolute Gasteiger partial charge is 0.497 e. The minimum Gasteiger partial charge on any atom is -0.497 e. The van der Waals surface area contributed by atoms with Crippen molar-refractivity contribution in [1.82, 2.24) is 14.9 Å². The van der Waals surface area contributed by atoms with Gasteiger partial charge in [-0.05, 0) is 29.7 Å². The maximum atomic E-state index is 12.8. The zero-order chi connectivity index (χ0) is 18.6. The van der Waals surface area contributed by atoms with E-state index in [1.807, 2.05) is 35.4 Å². The topological polar surface area (TPSA) is 67.8 Å². The molecule has 1 saturated heterocycles. The van der Waals surface area contributed by atoms with Crippen molar-refractivity contribution in [2.75, 3.05) is 44.9 Å². The Morgan fingerprint density at radius 2 is 2.11 bits per heavy atom. The molecule has 1 aromatic carbocycles. The molecule has 2 aliphatic rings. The van der Waals surface area contributed by atoms with Crippen LogP contribution in [-0.2, 0) is 28.9 Å². The van der Waals surface area contributed by atoms with Crippen LogP contribution in [0.4, 0.5) is 5.95 Å². The third-order valence-electron chi connectivity index (χ3n) is 5.07. The SMILES string of the molecule is COc1cccc(CC(=O)N2CCc3cnc(N4CCOCC4)nc3C2)c1. The van der Waals surface area contributed by atoms with Crippen molar-refractivity contribution >= 4 is 11.9 Å². The highest BCUT2D eigenvalue weighted by Crippen LogP contribution is 2.21. The fourth-order valence-electron chi connectivity index (χ4n) is 3.49. The number of morpholine rings is 1. The van der Waals surface area contributed by atoms with E-state index in [9.17, 15) is 4.79 Å². The van der Waals surface area contributed by atoms with Gasteiger partial charge in [0.05, 0.1) is 39.0 Å². The molecule has 2 aromatic rings. The molecule has 0 saturated carbocycles. The molecule has 27 heavy (non-hydrogen) atoms. The number of hydrogen-bond donors (Lipinski definition) is 0. The van der Waals surface area contributed by atoms with Crippen LogP contribution in [0.15, 0.2) is 30.5 Å². The number of benzene rings is 1. The average molecular weight is 368 g/mol. The summed E-state index contributed by atoms with van der Waals surface area (Å²) in [7, 11) is 1.63. The van der Waals surface area contributed by atoms with Crippen LogP contribution in [0.3, 0.4) is 0 Å². The fraction of sp³-hybridized carbons (Fsp3) is 0.450. The summed E-state index contributed by atoms with van der Waals surface area (Å²) in [5, 5.41) is 0. The number of methoxy groups -OCH3 is 1. The van der Waals surface area contributed by atoms with Crippen LogP contribution in [0, 0.1) is 0 Å². The van der Waals surface area contributed by atoms with Gasteiger partial charge in [0.2, 0.25) is 11.9 Å². The summed E-state index contributed by atoms with van der Waals surface area (Å²) in [6, 6.07) is 7.66. The van der Waals surface area contributed by atoms with Crippen LogP contribution in [0.5, 0.6) is 5.75 Å². The highest BCUT2D eigenvalue weighted by molar-refractivity contribution is 5.79. The molecular weight excluding hydrogens is 344 g/mol. The summed E-state index contributed by atoms with van der Waals surface area (Å²) in [5.41, 5.74) is 3.05. The zero-order valence-electron chi connectivity index (χ0n) is 15.6. The first-order chi connectivity index (χ1) is 13.2. The summed E-state index contributed by atoms with van der Waals surface area (Å²) in [6.45, 7) is 4.25. The summed E-state index contributed by atoms with van der Waals surface area (Å²) in [4.78, 5) is 26.1. The molecule has 3 heterocycles. The van der Waals surface area contributed by atoms with Gasteiger partial charge in [-0.25, -0.2) is 9.97 Å². The van der Waals surface area contributed by atoms with Crippen LogP contribution < -0.4 is 9.64 Å². The second kappa shape index (κ2) is 7.92. The van der Waals surface area contributed by atoms with Crippen molar-refractivity contribution in [3.05, 3.63) is 47.3 Å². The molecule has 0 aliphatic carbocycles. The standard InChI is InChI=1S/C20H24N4O3/c1-26-17-4-2-3-15(11-17)12-19(25)24-6-5-16-13-21-20(22-18(16)14-24)23-7-9-27-10-8-23/h2-4,11,13H,5-10,12,14H2,1H3. The van der Waals surface area contributed by atoms with Gasteiger partial charge in [-0.3, -0.25) is 4.79 Å². The lowest BCUT2D eigenvalue weighted by molar-refractivity contribution is -0.131. The minimum atomic E-state index is 0.112. The van der Waals surface area contributed by atoms with E-state index in [2.05, 4.69) is 9.88 Å². The number of nitrogens with zero attached hydrogens (tertiary/aromatic N) is 4. The molecule has 4 rings (SSSR count). The first-order valence-electron chi connectivity index (χ1n) is 9.31. The van der Waals surface area contributed by atoms with Crippen molar-refractivity contribution < 1.29 is 14.3 Å². The predicted molar refractivity (Wildman–Crippen MR) is 101 cm³/mol. The molecule has 142 valence electrons. The predicted octanol–water partition coefficient (Wildman–Crippen LogP) is 1.45. The number of anilines is 1. The van der Waals surface area contributed by atoms with E-state index in [4.69, 9.17) is 14.5 Å². The highest BCUT2D eigenvalue weighted by atomic mass is 16.5. The Balaban J connectivity index is 1.45. The van der Waals surface area contributed by atoms with Gasteiger partial charge in [0.25, 0.3) is 0 Å². The molecule has 0 N–H and O–H groups in total. The molecule has 0 bridgehead atoms. The lowest BCUT2D eigenvalue weighted by atomic mass is 10.1. The average Bonchev–Trinajstić information content (AvgIpc) is 2.73. The summed E-state index contributed by atoms with van der Waals surface area (Å²) < 4.78 is 10.6. The van der Waals surface area contributed by atoms with E-state index in [0.717, 1.165) is 48.0 Å². The molecule has 1 aromatic heterocycles. The number of carbonyl (C=O) groups excluding carboxylic acids is 1. The van der Waals surface area contributed by atoms with Gasteiger partial charge in [0.1, 0.15) is 5.75 Å². The number of carbonyl (C=O) groups is 1. The molecule has 7 heteroatoms. The molecule has 1 fully saturated rings. The highest BCUT2D eigenvalue weighted by Gasteiger charge is 2.24. The smallest absolute Gasteiger partial charge is 0.227 e. The van der Waals surface area contributed by atoms with Crippen molar-refractivity contribution in [2.45, 2.75) is 19.4 Å². The van der Waals surface area contributed by atoms with E-state index < -0.39 is 0 Å². The van der Waals surface area contributed by atoms with E-state index in [1.54, 1.807) is 7.11 Å². The maximum Gasteiger partial charge on any atom is 0.227 e. The normalized spacial score (nSPS) is 16.8. The van der Waals surface area contributed by atoms with Crippen molar-refractivity contribution in [1.29, 1.82) is 0 Å². The number of rotatable bonds is 4. The second-order valence-electron chi connectivity index (χ2n) is 6.83. The third kappa shape index (κ3) is 4.03. The molecule has 0 atom stereocenters. The van der Waals surface area contributed by atoms with Gasteiger partial charge in [-0.15, -0.1) is 0 Å². The van der Waals surface area contributed by atoms with Gasteiger partial charge in [0, 0.05) is 25.8 Å². The molecule has 2 aliphatic heterocycles. The maximum absolute atomic E-state index is 12.8. The van der Waals surface area contributed by atoms with Crippen LogP contribution in [-0.4, -0.2) is 60.7 Å². The lowest BCUT2D eigenvalue weighted by Crippen LogP contribution is -2.39. The molecule has 1 amide bonds. The van der Waals surface area contributed by atoms with Crippen LogP contribution >= 0.6 is 0 Å². The Hall–Kier alpha value is -2.67. The zero-order valence-corrected chi connectivity index (χ0v) is 15.6. The molecular formula is C20H24N4O3. The fourth-order valence-corrected chi connectivity index (χ4v) is 3.49. The van der Waals surface area contributed by atoms with E-state index in [0.29, 0.717) is 32.7 Å². The van der Waals surface area contributed by atoms with Gasteiger partial charge in [-0.2, -0.15) is 0 Å². The molecule has 7 nitrogen and oxygen atoms in total. The van der Waals surface area contributed by atoms with Gasteiger partial charge < -0.3 is 19.3 Å².